The zero-order chi connectivity index (χ0) is 13.7. The fourth-order valence-electron chi connectivity index (χ4n) is 2.03. The Hall–Kier alpha value is -1.40. The van der Waals surface area contributed by atoms with Gasteiger partial charge in [-0.1, -0.05) is 0 Å². The molecule has 0 amide bonds. The molecule has 1 aliphatic heterocycles. The largest absolute Gasteiger partial charge is 0.497 e. The van der Waals surface area contributed by atoms with Crippen LogP contribution in [0, 0.1) is 0 Å². The molecule has 1 saturated heterocycles. The van der Waals surface area contributed by atoms with E-state index in [1.165, 1.54) is 0 Å². The summed E-state index contributed by atoms with van der Waals surface area (Å²) in [6, 6.07) is 7.19. The van der Waals surface area contributed by atoms with E-state index in [1.807, 2.05) is 24.3 Å². The molecule has 1 aromatic rings. The number of halogens is 2. The first-order valence-electron chi connectivity index (χ1n) is 6.11. The number of nitrogens with one attached hydrogen (secondary N) is 1. The van der Waals surface area contributed by atoms with Crippen molar-refractivity contribution < 1.29 is 23.0 Å². The maximum atomic E-state index is 11.9. The van der Waals surface area contributed by atoms with Crippen molar-refractivity contribution in [3.8, 4) is 11.5 Å². The molecular formula is C13H17F2NO3. The fraction of sp³-hybridized carbons (Fsp3) is 0.538. The van der Waals surface area contributed by atoms with E-state index in [2.05, 4.69) is 10.1 Å². The summed E-state index contributed by atoms with van der Waals surface area (Å²) in [5.41, 5.74) is 0. The van der Waals surface area contributed by atoms with Crippen LogP contribution < -0.4 is 14.8 Å². The molecule has 1 fully saturated rings. The van der Waals surface area contributed by atoms with Gasteiger partial charge in [0.25, 0.3) is 0 Å². The van der Waals surface area contributed by atoms with E-state index in [1.54, 1.807) is 7.11 Å². The Kier molecular flexibility index (Phi) is 4.93. The third kappa shape index (κ3) is 4.33. The second-order valence-electron chi connectivity index (χ2n) is 4.35. The first-order chi connectivity index (χ1) is 9.17. The van der Waals surface area contributed by atoms with Gasteiger partial charge in [0.15, 0.2) is 0 Å². The number of hydrogen-bond donors (Lipinski definition) is 1. The Labute approximate surface area is 110 Å². The van der Waals surface area contributed by atoms with Gasteiger partial charge in [0.05, 0.1) is 13.7 Å². The first kappa shape index (κ1) is 14.0. The van der Waals surface area contributed by atoms with E-state index >= 15 is 0 Å². The fourth-order valence-corrected chi connectivity index (χ4v) is 2.03. The highest BCUT2D eigenvalue weighted by atomic mass is 19.3. The van der Waals surface area contributed by atoms with Crippen molar-refractivity contribution in [1.82, 2.24) is 5.32 Å². The number of alkyl halides is 2. The summed E-state index contributed by atoms with van der Waals surface area (Å²) in [6.45, 7) is -2.09. The van der Waals surface area contributed by atoms with Gasteiger partial charge < -0.3 is 19.5 Å². The first-order valence-corrected chi connectivity index (χ1v) is 6.11. The molecule has 1 heterocycles. The molecule has 1 aliphatic rings. The van der Waals surface area contributed by atoms with E-state index in [0.717, 1.165) is 11.5 Å². The van der Waals surface area contributed by atoms with Crippen LogP contribution in [-0.2, 0) is 4.74 Å². The molecule has 0 unspecified atom stereocenters. The molecule has 1 N–H and O–H groups in total. The highest BCUT2D eigenvalue weighted by Crippen LogP contribution is 2.21. The van der Waals surface area contributed by atoms with Crippen molar-refractivity contribution in [2.24, 2.45) is 0 Å². The molecule has 4 nitrogen and oxygen atoms in total. The SMILES string of the molecule is COc1ccc(O[C@@H]2CN[C@H](COC(F)F)C2)cc1. The summed E-state index contributed by atoms with van der Waals surface area (Å²) in [4.78, 5) is 0. The van der Waals surface area contributed by atoms with Crippen LogP contribution in [0.1, 0.15) is 6.42 Å². The Morgan fingerprint density at radius 3 is 2.58 bits per heavy atom. The van der Waals surface area contributed by atoms with E-state index < -0.39 is 6.61 Å². The normalized spacial score (nSPS) is 22.7. The molecular weight excluding hydrogens is 256 g/mol. The minimum absolute atomic E-state index is 0.000138. The number of hydrogen-bond acceptors (Lipinski definition) is 4. The van der Waals surface area contributed by atoms with Gasteiger partial charge in [0.1, 0.15) is 17.6 Å². The van der Waals surface area contributed by atoms with Gasteiger partial charge in [-0.25, -0.2) is 0 Å². The molecule has 106 valence electrons. The van der Waals surface area contributed by atoms with E-state index in [4.69, 9.17) is 9.47 Å². The standard InChI is InChI=1S/C13H17F2NO3/c1-17-10-2-4-11(5-3-10)19-12-6-9(16-7-12)8-18-13(14)15/h2-5,9,12-13,16H,6-8H2,1H3/t9-,12-/m0/s1. The predicted molar refractivity (Wildman–Crippen MR) is 65.8 cm³/mol. The average Bonchev–Trinajstić information content (AvgIpc) is 2.85. The van der Waals surface area contributed by atoms with Crippen molar-refractivity contribution >= 4 is 0 Å². The molecule has 19 heavy (non-hydrogen) atoms. The molecule has 0 aliphatic carbocycles. The van der Waals surface area contributed by atoms with E-state index in [9.17, 15) is 8.78 Å². The maximum absolute atomic E-state index is 11.9. The molecule has 2 atom stereocenters. The smallest absolute Gasteiger partial charge is 0.345 e. The second-order valence-corrected chi connectivity index (χ2v) is 4.35. The molecule has 1 aromatic carbocycles. The third-order valence-corrected chi connectivity index (χ3v) is 2.97. The average molecular weight is 273 g/mol. The zero-order valence-electron chi connectivity index (χ0n) is 10.6. The Balaban J connectivity index is 1.77. The van der Waals surface area contributed by atoms with Crippen LogP contribution in [0.5, 0.6) is 11.5 Å². The zero-order valence-corrected chi connectivity index (χ0v) is 10.6. The topological polar surface area (TPSA) is 39.7 Å². The monoisotopic (exact) mass is 273 g/mol. The van der Waals surface area contributed by atoms with Crippen LogP contribution in [0.2, 0.25) is 0 Å². The highest BCUT2D eigenvalue weighted by Gasteiger charge is 2.26. The summed E-state index contributed by atoms with van der Waals surface area (Å²) in [7, 11) is 1.60. The Bertz CT molecular complexity index is 386. The molecule has 0 radical (unpaired) electrons. The lowest BCUT2D eigenvalue weighted by Crippen LogP contribution is -2.27. The van der Waals surface area contributed by atoms with Gasteiger partial charge in [-0.05, 0) is 24.3 Å². The summed E-state index contributed by atoms with van der Waals surface area (Å²) in [5.74, 6) is 1.50. The quantitative estimate of drug-likeness (QED) is 0.861. The number of benzene rings is 1. The van der Waals surface area contributed by atoms with Gasteiger partial charge in [-0.15, -0.1) is 0 Å². The van der Waals surface area contributed by atoms with Crippen LogP contribution >= 0.6 is 0 Å². The molecule has 0 bridgehead atoms. The van der Waals surface area contributed by atoms with Crippen molar-refractivity contribution in [2.75, 3.05) is 20.3 Å². The van der Waals surface area contributed by atoms with Gasteiger partial charge in [0, 0.05) is 19.0 Å². The van der Waals surface area contributed by atoms with E-state index in [0.29, 0.717) is 13.0 Å². The lowest BCUT2D eigenvalue weighted by Gasteiger charge is -2.13. The summed E-state index contributed by atoms with van der Waals surface area (Å²) in [5, 5.41) is 3.10. The van der Waals surface area contributed by atoms with Crippen molar-refractivity contribution in [3.05, 3.63) is 24.3 Å². The second kappa shape index (κ2) is 6.68. The number of rotatable bonds is 6. The van der Waals surface area contributed by atoms with Crippen LogP contribution in [0.15, 0.2) is 24.3 Å². The van der Waals surface area contributed by atoms with Crippen LogP contribution in [0.4, 0.5) is 8.78 Å². The summed E-state index contributed by atoms with van der Waals surface area (Å²) in [6.07, 6.45) is 0.623. The van der Waals surface area contributed by atoms with Gasteiger partial charge >= 0.3 is 6.61 Å². The van der Waals surface area contributed by atoms with Crippen molar-refractivity contribution in [3.63, 3.8) is 0 Å². The minimum atomic E-state index is -2.72. The Morgan fingerprint density at radius 2 is 1.95 bits per heavy atom. The number of methoxy groups -OCH3 is 1. The predicted octanol–water partition coefficient (Wildman–Crippen LogP) is 2.04. The highest BCUT2D eigenvalue weighted by molar-refractivity contribution is 5.31. The molecule has 2 rings (SSSR count). The van der Waals surface area contributed by atoms with Crippen LogP contribution in [0.25, 0.3) is 0 Å². The van der Waals surface area contributed by atoms with Crippen LogP contribution in [-0.4, -0.2) is 39.0 Å². The molecule has 0 spiro atoms. The maximum Gasteiger partial charge on any atom is 0.345 e. The number of ether oxygens (including phenoxy) is 3. The van der Waals surface area contributed by atoms with Gasteiger partial charge in [0.2, 0.25) is 0 Å². The molecule has 0 aromatic heterocycles. The van der Waals surface area contributed by atoms with Crippen LogP contribution in [0.3, 0.4) is 0 Å². The molecule has 0 saturated carbocycles. The van der Waals surface area contributed by atoms with Crippen molar-refractivity contribution in [2.45, 2.75) is 25.2 Å². The van der Waals surface area contributed by atoms with Gasteiger partial charge in [-0.3, -0.25) is 0 Å². The Morgan fingerprint density at radius 1 is 1.26 bits per heavy atom. The summed E-state index contributed by atoms with van der Waals surface area (Å²) < 4.78 is 38.9. The van der Waals surface area contributed by atoms with Gasteiger partial charge in [-0.2, -0.15) is 8.78 Å². The third-order valence-electron chi connectivity index (χ3n) is 2.97. The summed E-state index contributed by atoms with van der Waals surface area (Å²) >= 11 is 0. The van der Waals surface area contributed by atoms with Crippen molar-refractivity contribution in [1.29, 1.82) is 0 Å². The lowest BCUT2D eigenvalue weighted by molar-refractivity contribution is -0.133. The molecule has 6 heteroatoms. The minimum Gasteiger partial charge on any atom is -0.497 e. The van der Waals surface area contributed by atoms with E-state index in [-0.39, 0.29) is 18.8 Å². The lowest BCUT2D eigenvalue weighted by atomic mass is 10.2.